The molecule has 1 atom stereocenters. The molecule has 1 aliphatic heterocycles. The zero-order valence-electron chi connectivity index (χ0n) is 9.27. The van der Waals surface area contributed by atoms with Crippen LogP contribution < -0.4 is 4.74 Å². The first-order chi connectivity index (χ1) is 7.55. The molecule has 0 radical (unpaired) electrons. The summed E-state index contributed by atoms with van der Waals surface area (Å²) in [6.45, 7) is 4.80. The molecule has 5 heteroatoms. The molecule has 1 aromatic heterocycles. The van der Waals surface area contributed by atoms with Crippen LogP contribution >= 0.6 is 15.9 Å². The first-order valence-corrected chi connectivity index (χ1v) is 5.91. The maximum absolute atomic E-state index is 5.61. The maximum Gasteiger partial charge on any atom is 0.213 e. The fourth-order valence-electron chi connectivity index (χ4n) is 1.47. The molecule has 1 aromatic rings. The van der Waals surface area contributed by atoms with Gasteiger partial charge in [-0.25, -0.2) is 4.98 Å². The Morgan fingerprint density at radius 1 is 1.56 bits per heavy atom. The van der Waals surface area contributed by atoms with E-state index in [2.05, 4.69) is 20.9 Å². The molecule has 1 aliphatic rings. The molecular formula is C11H14BrNO3. The van der Waals surface area contributed by atoms with Crippen LogP contribution in [0.4, 0.5) is 0 Å². The second kappa shape index (κ2) is 4.69. The standard InChI is InChI=1S/C11H14BrNO3/c1-11(2)15-7-9(16-11)6-14-10-4-3-8(12)5-13-10/h3-5,9H,6-7H2,1-2H3. The van der Waals surface area contributed by atoms with Crippen LogP contribution in [0.3, 0.4) is 0 Å². The molecule has 0 spiro atoms. The molecule has 0 bridgehead atoms. The van der Waals surface area contributed by atoms with E-state index in [0.717, 1.165) is 4.47 Å². The number of ether oxygens (including phenoxy) is 3. The van der Waals surface area contributed by atoms with E-state index in [9.17, 15) is 0 Å². The Morgan fingerprint density at radius 2 is 2.38 bits per heavy atom. The molecule has 0 N–H and O–H groups in total. The van der Waals surface area contributed by atoms with Crippen LogP contribution in [-0.2, 0) is 9.47 Å². The van der Waals surface area contributed by atoms with Gasteiger partial charge < -0.3 is 14.2 Å². The van der Waals surface area contributed by atoms with Gasteiger partial charge in [0.2, 0.25) is 5.88 Å². The normalized spacial score (nSPS) is 23.3. The van der Waals surface area contributed by atoms with Crippen molar-refractivity contribution in [2.24, 2.45) is 0 Å². The van der Waals surface area contributed by atoms with Gasteiger partial charge in [0.25, 0.3) is 0 Å². The average molecular weight is 288 g/mol. The summed E-state index contributed by atoms with van der Waals surface area (Å²) in [4.78, 5) is 4.11. The Balaban J connectivity index is 1.82. The molecule has 0 amide bonds. The van der Waals surface area contributed by atoms with Gasteiger partial charge >= 0.3 is 0 Å². The Hall–Kier alpha value is -0.650. The summed E-state index contributed by atoms with van der Waals surface area (Å²) in [5.74, 6) is 0.0951. The summed E-state index contributed by atoms with van der Waals surface area (Å²) in [6.07, 6.45) is 1.67. The van der Waals surface area contributed by atoms with Gasteiger partial charge in [-0.2, -0.15) is 0 Å². The summed E-state index contributed by atoms with van der Waals surface area (Å²) in [5.41, 5.74) is 0. The lowest BCUT2D eigenvalue weighted by molar-refractivity contribution is -0.141. The monoisotopic (exact) mass is 287 g/mol. The van der Waals surface area contributed by atoms with Crippen molar-refractivity contribution in [1.82, 2.24) is 4.98 Å². The van der Waals surface area contributed by atoms with Crippen LogP contribution in [-0.4, -0.2) is 30.1 Å². The third-order valence-electron chi connectivity index (χ3n) is 2.18. The predicted molar refractivity (Wildman–Crippen MR) is 62.3 cm³/mol. The van der Waals surface area contributed by atoms with Gasteiger partial charge in [0.15, 0.2) is 5.79 Å². The Morgan fingerprint density at radius 3 is 2.94 bits per heavy atom. The van der Waals surface area contributed by atoms with Gasteiger partial charge in [0.1, 0.15) is 12.7 Å². The first-order valence-electron chi connectivity index (χ1n) is 5.11. The fraction of sp³-hybridized carbons (Fsp3) is 0.545. The number of nitrogens with zero attached hydrogens (tertiary/aromatic N) is 1. The van der Waals surface area contributed by atoms with Crippen LogP contribution in [0.1, 0.15) is 13.8 Å². The van der Waals surface area contributed by atoms with E-state index < -0.39 is 5.79 Å². The number of hydrogen-bond donors (Lipinski definition) is 0. The molecule has 2 rings (SSSR count). The van der Waals surface area contributed by atoms with Gasteiger partial charge in [0, 0.05) is 16.7 Å². The van der Waals surface area contributed by atoms with Gasteiger partial charge in [-0.3, -0.25) is 0 Å². The van der Waals surface area contributed by atoms with Gasteiger partial charge in [0.05, 0.1) is 6.61 Å². The average Bonchev–Trinajstić information content (AvgIpc) is 2.58. The van der Waals surface area contributed by atoms with Gasteiger partial charge in [-0.15, -0.1) is 0 Å². The van der Waals surface area contributed by atoms with Crippen LogP contribution in [0, 0.1) is 0 Å². The molecule has 1 saturated heterocycles. The smallest absolute Gasteiger partial charge is 0.213 e. The second-order valence-electron chi connectivity index (χ2n) is 4.08. The minimum Gasteiger partial charge on any atom is -0.475 e. The van der Waals surface area contributed by atoms with E-state index in [1.54, 1.807) is 6.20 Å². The summed E-state index contributed by atoms with van der Waals surface area (Å²) in [7, 11) is 0. The van der Waals surface area contributed by atoms with Crippen molar-refractivity contribution in [3.05, 3.63) is 22.8 Å². The highest BCUT2D eigenvalue weighted by Gasteiger charge is 2.32. The molecule has 4 nitrogen and oxygen atoms in total. The molecule has 2 heterocycles. The zero-order valence-corrected chi connectivity index (χ0v) is 10.9. The van der Waals surface area contributed by atoms with Crippen LogP contribution in [0.25, 0.3) is 0 Å². The van der Waals surface area contributed by atoms with Crippen molar-refractivity contribution in [2.75, 3.05) is 13.2 Å². The summed E-state index contributed by atoms with van der Waals surface area (Å²) in [6, 6.07) is 3.70. The third kappa shape index (κ3) is 3.17. The highest BCUT2D eigenvalue weighted by Crippen LogP contribution is 2.22. The van der Waals surface area contributed by atoms with E-state index in [1.165, 1.54) is 0 Å². The largest absolute Gasteiger partial charge is 0.475 e. The molecular weight excluding hydrogens is 274 g/mol. The highest BCUT2D eigenvalue weighted by atomic mass is 79.9. The van der Waals surface area contributed by atoms with Gasteiger partial charge in [-0.1, -0.05) is 0 Å². The lowest BCUT2D eigenvalue weighted by atomic mass is 10.4. The van der Waals surface area contributed by atoms with Crippen molar-refractivity contribution in [3.8, 4) is 5.88 Å². The summed E-state index contributed by atoms with van der Waals surface area (Å²) >= 11 is 3.31. The van der Waals surface area contributed by atoms with Gasteiger partial charge in [-0.05, 0) is 35.8 Å². The molecule has 0 aromatic carbocycles. The topological polar surface area (TPSA) is 40.6 Å². The van der Waals surface area contributed by atoms with E-state index in [-0.39, 0.29) is 6.10 Å². The number of pyridine rings is 1. The predicted octanol–water partition coefficient (Wildman–Crippen LogP) is 2.37. The lowest BCUT2D eigenvalue weighted by Crippen LogP contribution is -2.25. The number of aromatic nitrogens is 1. The van der Waals surface area contributed by atoms with Crippen molar-refractivity contribution >= 4 is 15.9 Å². The third-order valence-corrected chi connectivity index (χ3v) is 2.65. The zero-order chi connectivity index (χ0) is 11.6. The highest BCUT2D eigenvalue weighted by molar-refractivity contribution is 9.10. The molecule has 88 valence electrons. The van der Waals surface area contributed by atoms with Crippen LogP contribution in [0.15, 0.2) is 22.8 Å². The van der Waals surface area contributed by atoms with E-state index in [1.807, 2.05) is 26.0 Å². The molecule has 1 unspecified atom stereocenters. The molecule has 16 heavy (non-hydrogen) atoms. The number of halogens is 1. The Bertz CT molecular complexity index is 353. The number of hydrogen-bond acceptors (Lipinski definition) is 4. The Labute approximate surface area is 103 Å². The fourth-order valence-corrected chi connectivity index (χ4v) is 1.71. The lowest BCUT2D eigenvalue weighted by Gasteiger charge is -2.17. The maximum atomic E-state index is 5.61. The Kier molecular flexibility index (Phi) is 3.47. The molecule has 1 fully saturated rings. The molecule has 0 saturated carbocycles. The summed E-state index contributed by atoms with van der Waals surface area (Å²) in [5, 5.41) is 0. The first kappa shape index (κ1) is 11.8. The van der Waals surface area contributed by atoms with Crippen LogP contribution in [0.5, 0.6) is 5.88 Å². The quantitative estimate of drug-likeness (QED) is 0.856. The number of rotatable bonds is 3. The van der Waals surface area contributed by atoms with E-state index >= 15 is 0 Å². The van der Waals surface area contributed by atoms with Crippen molar-refractivity contribution in [1.29, 1.82) is 0 Å². The SMILES string of the molecule is CC1(C)OCC(COc2ccc(Br)cn2)O1. The van der Waals surface area contributed by atoms with Crippen LogP contribution in [0.2, 0.25) is 0 Å². The second-order valence-corrected chi connectivity index (χ2v) is 4.99. The van der Waals surface area contributed by atoms with E-state index in [4.69, 9.17) is 14.2 Å². The van der Waals surface area contributed by atoms with Crippen molar-refractivity contribution in [3.63, 3.8) is 0 Å². The molecule has 0 aliphatic carbocycles. The minimum atomic E-state index is -0.499. The summed E-state index contributed by atoms with van der Waals surface area (Å²) < 4.78 is 17.5. The minimum absolute atomic E-state index is 0.0274. The van der Waals surface area contributed by atoms with Crippen molar-refractivity contribution in [2.45, 2.75) is 25.7 Å². The van der Waals surface area contributed by atoms with E-state index in [0.29, 0.717) is 19.1 Å². The van der Waals surface area contributed by atoms with Crippen molar-refractivity contribution < 1.29 is 14.2 Å².